The van der Waals surface area contributed by atoms with Crippen LogP contribution in [0.5, 0.6) is 0 Å². The molecule has 1 heterocycles. The number of rotatable bonds is 8. The summed E-state index contributed by atoms with van der Waals surface area (Å²) in [6.07, 6.45) is 5.02. The smallest absolute Gasteiger partial charge is 0.336 e. The van der Waals surface area contributed by atoms with E-state index >= 15 is 0 Å². The van der Waals surface area contributed by atoms with E-state index in [4.69, 9.17) is 5.11 Å². The van der Waals surface area contributed by atoms with Gasteiger partial charge in [0.2, 0.25) is 0 Å². The third-order valence-electron chi connectivity index (χ3n) is 2.41. The van der Waals surface area contributed by atoms with Crippen LogP contribution < -0.4 is 5.32 Å². The molecule has 1 aromatic rings. The molecule has 16 heavy (non-hydrogen) atoms. The van der Waals surface area contributed by atoms with Crippen molar-refractivity contribution in [2.24, 2.45) is 0 Å². The van der Waals surface area contributed by atoms with E-state index in [-0.39, 0.29) is 0 Å². The monoisotopic (exact) mass is 241 g/mol. The van der Waals surface area contributed by atoms with E-state index in [0.29, 0.717) is 5.56 Å². The average molecular weight is 241 g/mol. The molecule has 3 nitrogen and oxygen atoms in total. The molecule has 0 saturated heterocycles. The highest BCUT2D eigenvalue weighted by Gasteiger charge is 2.05. The molecule has 2 N–H and O–H groups in total. The maximum Gasteiger partial charge on any atom is 0.336 e. The molecule has 0 aromatic carbocycles. The quantitative estimate of drug-likeness (QED) is 0.687. The third kappa shape index (κ3) is 4.77. The highest BCUT2D eigenvalue weighted by molar-refractivity contribution is 7.10. The van der Waals surface area contributed by atoms with Gasteiger partial charge in [-0.05, 0) is 19.0 Å². The Labute approximate surface area is 100 Å². The van der Waals surface area contributed by atoms with Crippen molar-refractivity contribution in [2.75, 3.05) is 6.54 Å². The summed E-state index contributed by atoms with van der Waals surface area (Å²) in [5.74, 6) is -0.842. The van der Waals surface area contributed by atoms with Crippen molar-refractivity contribution < 1.29 is 9.90 Å². The molecule has 1 aromatic heterocycles. The van der Waals surface area contributed by atoms with Crippen LogP contribution in [0.1, 0.15) is 47.8 Å². The van der Waals surface area contributed by atoms with Crippen LogP contribution in [0.2, 0.25) is 0 Å². The van der Waals surface area contributed by atoms with E-state index in [1.54, 1.807) is 11.4 Å². The summed E-state index contributed by atoms with van der Waals surface area (Å²) < 4.78 is 0. The zero-order chi connectivity index (χ0) is 11.8. The lowest BCUT2D eigenvalue weighted by atomic mass is 10.2. The van der Waals surface area contributed by atoms with Crippen LogP contribution in [0.25, 0.3) is 0 Å². The number of carbonyl (C=O) groups is 1. The molecule has 0 unspecified atom stereocenters. The molecule has 0 aliphatic carbocycles. The van der Waals surface area contributed by atoms with Crippen molar-refractivity contribution in [3.63, 3.8) is 0 Å². The minimum atomic E-state index is -0.842. The Morgan fingerprint density at radius 2 is 2.25 bits per heavy atom. The second kappa shape index (κ2) is 7.41. The Morgan fingerprint density at radius 3 is 2.88 bits per heavy atom. The van der Waals surface area contributed by atoms with Crippen molar-refractivity contribution in [3.05, 3.63) is 21.9 Å². The van der Waals surface area contributed by atoms with Crippen molar-refractivity contribution in [1.29, 1.82) is 0 Å². The molecule has 0 bridgehead atoms. The Bertz CT molecular complexity index is 323. The summed E-state index contributed by atoms with van der Waals surface area (Å²) in [4.78, 5) is 11.7. The molecule has 0 fully saturated rings. The number of carboxylic acid groups (broad SMARTS) is 1. The molecule has 90 valence electrons. The second-order valence-corrected chi connectivity index (χ2v) is 4.84. The Morgan fingerprint density at radius 1 is 1.44 bits per heavy atom. The Hall–Kier alpha value is -0.870. The molecule has 0 saturated carbocycles. The fourth-order valence-corrected chi connectivity index (χ4v) is 2.30. The van der Waals surface area contributed by atoms with E-state index in [1.165, 1.54) is 37.0 Å². The predicted octanol–water partition coefficient (Wildman–Crippen LogP) is 3.12. The van der Waals surface area contributed by atoms with Crippen LogP contribution in [-0.2, 0) is 6.54 Å². The van der Waals surface area contributed by atoms with Crippen LogP contribution in [0.15, 0.2) is 11.4 Å². The number of aromatic carboxylic acids is 1. The van der Waals surface area contributed by atoms with E-state index in [1.807, 2.05) is 0 Å². The lowest BCUT2D eigenvalue weighted by Gasteiger charge is -2.01. The first-order chi connectivity index (χ1) is 7.74. The van der Waals surface area contributed by atoms with E-state index in [2.05, 4.69) is 12.2 Å². The van der Waals surface area contributed by atoms with Gasteiger partial charge in [0.1, 0.15) is 0 Å². The van der Waals surface area contributed by atoms with Crippen molar-refractivity contribution in [2.45, 2.75) is 39.2 Å². The van der Waals surface area contributed by atoms with Gasteiger partial charge in [0.15, 0.2) is 0 Å². The SMILES string of the molecule is CCCCCCNCc1cc(C(=O)O)cs1. The number of nitrogens with one attached hydrogen (secondary N) is 1. The summed E-state index contributed by atoms with van der Waals surface area (Å²) >= 11 is 1.50. The van der Waals surface area contributed by atoms with Crippen LogP contribution in [0.3, 0.4) is 0 Å². The minimum Gasteiger partial charge on any atom is -0.478 e. The number of hydrogen-bond acceptors (Lipinski definition) is 3. The number of hydrogen-bond donors (Lipinski definition) is 2. The molecule has 0 radical (unpaired) electrons. The first kappa shape index (κ1) is 13.2. The summed E-state index contributed by atoms with van der Waals surface area (Å²) in [5, 5.41) is 13.8. The fourth-order valence-electron chi connectivity index (χ4n) is 1.47. The van der Waals surface area contributed by atoms with Gasteiger partial charge in [-0.2, -0.15) is 0 Å². The topological polar surface area (TPSA) is 49.3 Å². The van der Waals surface area contributed by atoms with Gasteiger partial charge >= 0.3 is 5.97 Å². The van der Waals surface area contributed by atoms with Crippen molar-refractivity contribution >= 4 is 17.3 Å². The molecule has 0 atom stereocenters. The highest BCUT2D eigenvalue weighted by Crippen LogP contribution is 2.14. The molecule has 0 amide bonds. The second-order valence-electron chi connectivity index (χ2n) is 3.84. The first-order valence-corrected chi connectivity index (χ1v) is 6.63. The Kier molecular flexibility index (Phi) is 6.11. The molecular formula is C12H19NO2S. The number of carboxylic acids is 1. The van der Waals surface area contributed by atoms with E-state index < -0.39 is 5.97 Å². The van der Waals surface area contributed by atoms with Gasteiger partial charge < -0.3 is 10.4 Å². The van der Waals surface area contributed by atoms with Crippen molar-refractivity contribution in [1.82, 2.24) is 5.32 Å². The van der Waals surface area contributed by atoms with Gasteiger partial charge in [-0.1, -0.05) is 26.2 Å². The van der Waals surface area contributed by atoms with Gasteiger partial charge in [0, 0.05) is 16.8 Å². The standard InChI is InChI=1S/C12H19NO2S/c1-2-3-4-5-6-13-8-11-7-10(9-16-11)12(14)15/h7,9,13H,2-6,8H2,1H3,(H,14,15). The first-order valence-electron chi connectivity index (χ1n) is 5.75. The van der Waals surface area contributed by atoms with Crippen LogP contribution in [-0.4, -0.2) is 17.6 Å². The molecule has 0 aliphatic heterocycles. The van der Waals surface area contributed by atoms with E-state index in [0.717, 1.165) is 18.0 Å². The fraction of sp³-hybridized carbons (Fsp3) is 0.583. The van der Waals surface area contributed by atoms with Crippen molar-refractivity contribution in [3.8, 4) is 0 Å². The predicted molar refractivity (Wildman–Crippen MR) is 67.1 cm³/mol. The van der Waals surface area contributed by atoms with Gasteiger partial charge in [0.25, 0.3) is 0 Å². The summed E-state index contributed by atoms with van der Waals surface area (Å²) in [6, 6.07) is 1.74. The highest BCUT2D eigenvalue weighted by atomic mass is 32.1. The maximum absolute atomic E-state index is 10.6. The molecule has 4 heteroatoms. The summed E-state index contributed by atoms with van der Waals surface area (Å²) in [6.45, 7) is 4.00. The average Bonchev–Trinajstić information content (AvgIpc) is 2.72. The van der Waals surface area contributed by atoms with E-state index in [9.17, 15) is 4.79 Å². The normalized spacial score (nSPS) is 10.6. The summed E-state index contributed by atoms with van der Waals surface area (Å²) in [7, 11) is 0. The zero-order valence-corrected chi connectivity index (χ0v) is 10.5. The van der Waals surface area contributed by atoms with Gasteiger partial charge in [-0.25, -0.2) is 4.79 Å². The third-order valence-corrected chi connectivity index (χ3v) is 3.34. The van der Waals surface area contributed by atoms with Gasteiger partial charge in [-0.15, -0.1) is 11.3 Å². The lowest BCUT2D eigenvalue weighted by molar-refractivity contribution is 0.0697. The maximum atomic E-state index is 10.6. The molecule has 0 aliphatic rings. The van der Waals surface area contributed by atoms with Crippen LogP contribution in [0, 0.1) is 0 Å². The van der Waals surface area contributed by atoms with Crippen LogP contribution >= 0.6 is 11.3 Å². The van der Waals surface area contributed by atoms with Gasteiger partial charge in [0.05, 0.1) is 5.56 Å². The zero-order valence-electron chi connectivity index (χ0n) is 9.66. The number of unbranched alkanes of at least 4 members (excludes halogenated alkanes) is 3. The molecule has 0 spiro atoms. The Balaban J connectivity index is 2.14. The molecular weight excluding hydrogens is 222 g/mol. The number of thiophene rings is 1. The summed E-state index contributed by atoms with van der Waals surface area (Å²) in [5.41, 5.74) is 0.396. The lowest BCUT2D eigenvalue weighted by Crippen LogP contribution is -2.13. The largest absolute Gasteiger partial charge is 0.478 e. The van der Waals surface area contributed by atoms with Crippen LogP contribution in [0.4, 0.5) is 0 Å². The minimum absolute atomic E-state index is 0.396. The molecule has 1 rings (SSSR count). The van der Waals surface area contributed by atoms with Gasteiger partial charge in [-0.3, -0.25) is 0 Å².